The quantitative estimate of drug-likeness (QED) is 0.382. The molecule has 1 amide bonds. The number of fused-ring (bicyclic) bond motifs is 1. The topological polar surface area (TPSA) is 70.7 Å². The number of thioether (sulfide) groups is 1. The van der Waals surface area contributed by atoms with Crippen LogP contribution in [0, 0.1) is 0 Å². The fourth-order valence-electron chi connectivity index (χ4n) is 2.68. The highest BCUT2D eigenvalue weighted by molar-refractivity contribution is 7.98. The zero-order valence-electron chi connectivity index (χ0n) is 15.0. The van der Waals surface area contributed by atoms with Gasteiger partial charge in [0, 0.05) is 27.9 Å². The summed E-state index contributed by atoms with van der Waals surface area (Å²) < 4.78 is 1.00. The average molecular weight is 429 g/mol. The van der Waals surface area contributed by atoms with E-state index in [0.29, 0.717) is 9.90 Å². The third kappa shape index (κ3) is 4.06. The molecule has 2 heterocycles. The summed E-state index contributed by atoms with van der Waals surface area (Å²) in [6, 6.07) is 15.5. The maximum absolute atomic E-state index is 12.6. The number of aromatic nitrogens is 3. The minimum Gasteiger partial charge on any atom is -0.321 e. The van der Waals surface area contributed by atoms with Crippen LogP contribution in [0.3, 0.4) is 0 Å². The van der Waals surface area contributed by atoms with Crippen molar-refractivity contribution in [2.45, 2.75) is 24.3 Å². The molecule has 0 radical (unpaired) electrons. The molecule has 0 saturated heterocycles. The number of aromatic amines is 1. The number of rotatable bonds is 6. The van der Waals surface area contributed by atoms with Crippen LogP contribution in [0.5, 0.6) is 0 Å². The molecule has 0 aliphatic heterocycles. The van der Waals surface area contributed by atoms with Gasteiger partial charge >= 0.3 is 0 Å². The second-order valence-corrected chi connectivity index (χ2v) is 8.47. The molecule has 0 unspecified atom stereocenters. The smallest absolute Gasteiger partial charge is 0.267 e. The van der Waals surface area contributed by atoms with E-state index in [-0.39, 0.29) is 5.91 Å². The van der Waals surface area contributed by atoms with Gasteiger partial charge in [0.25, 0.3) is 5.91 Å². The number of carbonyl (C=O) groups excluding carboxylic acids is 1. The Labute approximate surface area is 175 Å². The molecular weight excluding hydrogens is 412 g/mol. The molecule has 0 bridgehead atoms. The van der Waals surface area contributed by atoms with Crippen molar-refractivity contribution in [1.29, 1.82) is 0 Å². The molecule has 0 spiro atoms. The molecule has 0 aliphatic rings. The molecule has 28 heavy (non-hydrogen) atoms. The molecule has 0 saturated carbocycles. The molecule has 5 nitrogen and oxygen atoms in total. The van der Waals surface area contributed by atoms with Crippen molar-refractivity contribution in [1.82, 2.24) is 15.2 Å². The van der Waals surface area contributed by atoms with Crippen LogP contribution in [0.2, 0.25) is 5.02 Å². The number of nitrogens with zero attached hydrogens (tertiary/aromatic N) is 2. The van der Waals surface area contributed by atoms with E-state index in [9.17, 15) is 4.79 Å². The molecule has 0 atom stereocenters. The van der Waals surface area contributed by atoms with E-state index >= 15 is 0 Å². The van der Waals surface area contributed by atoms with Crippen LogP contribution in [0.1, 0.15) is 28.0 Å². The van der Waals surface area contributed by atoms with E-state index < -0.39 is 0 Å². The number of anilines is 1. The van der Waals surface area contributed by atoms with Crippen molar-refractivity contribution in [2.75, 3.05) is 5.32 Å². The van der Waals surface area contributed by atoms with Crippen LogP contribution in [0.15, 0.2) is 53.7 Å². The van der Waals surface area contributed by atoms with Gasteiger partial charge in [-0.2, -0.15) is 0 Å². The van der Waals surface area contributed by atoms with E-state index in [1.807, 2.05) is 55.5 Å². The minimum absolute atomic E-state index is 0.193. The summed E-state index contributed by atoms with van der Waals surface area (Å²) in [5.41, 5.74) is 1.86. The molecule has 8 heteroatoms. The first-order valence-corrected chi connectivity index (χ1v) is 10.9. The number of nitrogens with one attached hydrogen (secondary N) is 2. The Morgan fingerprint density at radius 2 is 2.00 bits per heavy atom. The van der Waals surface area contributed by atoms with Crippen LogP contribution in [0.25, 0.3) is 10.1 Å². The van der Waals surface area contributed by atoms with Crippen molar-refractivity contribution < 1.29 is 4.79 Å². The summed E-state index contributed by atoms with van der Waals surface area (Å²) >= 11 is 9.36. The average Bonchev–Trinajstić information content (AvgIpc) is 3.32. The Morgan fingerprint density at radius 3 is 2.71 bits per heavy atom. The number of halogens is 1. The molecular formula is C20H17ClN4OS2. The summed E-state index contributed by atoms with van der Waals surface area (Å²) in [4.78, 5) is 17.5. The molecule has 142 valence electrons. The summed E-state index contributed by atoms with van der Waals surface area (Å²) in [6.07, 6.45) is 0.839. The van der Waals surface area contributed by atoms with Crippen LogP contribution in [-0.4, -0.2) is 21.1 Å². The highest BCUT2D eigenvalue weighted by atomic mass is 35.5. The molecule has 2 N–H and O–H groups in total. The van der Waals surface area contributed by atoms with Crippen molar-refractivity contribution in [2.24, 2.45) is 0 Å². The monoisotopic (exact) mass is 428 g/mol. The van der Waals surface area contributed by atoms with E-state index in [0.717, 1.165) is 44.5 Å². The summed E-state index contributed by atoms with van der Waals surface area (Å²) in [6.45, 7) is 2.04. The summed E-state index contributed by atoms with van der Waals surface area (Å²) in [5, 5.41) is 12.2. The van der Waals surface area contributed by atoms with Gasteiger partial charge in [-0.05, 0) is 23.8 Å². The Kier molecular flexibility index (Phi) is 5.66. The number of benzene rings is 2. The van der Waals surface area contributed by atoms with Crippen molar-refractivity contribution >= 4 is 56.4 Å². The Balaban J connectivity index is 1.40. The zero-order valence-corrected chi connectivity index (χ0v) is 17.4. The van der Waals surface area contributed by atoms with Gasteiger partial charge in [0.2, 0.25) is 5.16 Å². The van der Waals surface area contributed by atoms with Gasteiger partial charge in [0.1, 0.15) is 10.7 Å². The van der Waals surface area contributed by atoms with Crippen molar-refractivity contribution in [3.63, 3.8) is 0 Å². The molecule has 4 aromatic rings. The van der Waals surface area contributed by atoms with Gasteiger partial charge in [-0.1, -0.05) is 60.6 Å². The molecule has 0 fully saturated rings. The van der Waals surface area contributed by atoms with Gasteiger partial charge < -0.3 is 5.32 Å². The maximum atomic E-state index is 12.6. The van der Waals surface area contributed by atoms with Crippen LogP contribution < -0.4 is 5.32 Å². The fraction of sp³-hybridized carbons (Fsp3) is 0.150. The van der Waals surface area contributed by atoms with E-state index in [4.69, 9.17) is 11.6 Å². The number of thiophene rings is 1. The van der Waals surface area contributed by atoms with Crippen LogP contribution in [0.4, 0.5) is 5.69 Å². The van der Waals surface area contributed by atoms with E-state index in [1.165, 1.54) is 11.3 Å². The molecule has 2 aromatic heterocycles. The third-order valence-electron chi connectivity index (χ3n) is 4.17. The van der Waals surface area contributed by atoms with Crippen molar-refractivity contribution in [3.05, 3.63) is 69.8 Å². The number of aryl methyl sites for hydroxylation is 1. The van der Waals surface area contributed by atoms with Gasteiger partial charge in [0.05, 0.1) is 5.02 Å². The number of hydrogen-bond donors (Lipinski definition) is 2. The number of amides is 1. The second-order valence-electron chi connectivity index (χ2n) is 6.10. The molecule has 4 rings (SSSR count). The molecule has 0 aliphatic carbocycles. The van der Waals surface area contributed by atoms with Gasteiger partial charge in [-0.25, -0.2) is 4.98 Å². The Morgan fingerprint density at radius 1 is 1.21 bits per heavy atom. The van der Waals surface area contributed by atoms with Gasteiger partial charge in [-0.3, -0.25) is 9.89 Å². The maximum Gasteiger partial charge on any atom is 0.267 e. The zero-order chi connectivity index (χ0) is 19.5. The number of H-pyrrole nitrogens is 1. The summed E-state index contributed by atoms with van der Waals surface area (Å²) in [7, 11) is 0. The van der Waals surface area contributed by atoms with E-state index in [1.54, 1.807) is 11.8 Å². The molecule has 2 aromatic carbocycles. The van der Waals surface area contributed by atoms with Crippen LogP contribution >= 0.6 is 34.7 Å². The normalized spacial score (nSPS) is 11.1. The predicted molar refractivity (Wildman–Crippen MR) is 117 cm³/mol. The lowest BCUT2D eigenvalue weighted by Gasteiger charge is -2.05. The first kappa shape index (κ1) is 19.0. The Hall–Kier alpha value is -2.35. The number of carbonyl (C=O) groups is 1. The first-order chi connectivity index (χ1) is 13.6. The number of hydrogen-bond acceptors (Lipinski definition) is 5. The predicted octanol–water partition coefficient (Wildman–Crippen LogP) is 5.78. The lowest BCUT2D eigenvalue weighted by Crippen LogP contribution is -2.10. The first-order valence-electron chi connectivity index (χ1n) is 8.75. The third-order valence-corrected chi connectivity index (χ3v) is 6.76. The highest BCUT2D eigenvalue weighted by Gasteiger charge is 2.17. The van der Waals surface area contributed by atoms with Crippen molar-refractivity contribution in [3.8, 4) is 0 Å². The van der Waals surface area contributed by atoms with Gasteiger partial charge in [-0.15, -0.1) is 16.4 Å². The standard InChI is InChI=1S/C20H17ClN4OS2/c1-2-16-23-20(25-24-16)27-11-12-7-9-13(10-8-12)22-19(26)18-17(21)14-5-3-4-6-15(14)28-18/h3-10H,2,11H2,1H3,(H,22,26)(H,23,24,25). The van der Waals surface area contributed by atoms with E-state index in [2.05, 4.69) is 20.5 Å². The SMILES string of the molecule is CCc1nc(SCc2ccc(NC(=O)c3sc4ccccc4c3Cl)cc2)n[nH]1. The summed E-state index contributed by atoms with van der Waals surface area (Å²) in [5.74, 6) is 1.46. The minimum atomic E-state index is -0.193. The van der Waals surface area contributed by atoms with Gasteiger partial charge in [0.15, 0.2) is 0 Å². The van der Waals surface area contributed by atoms with Crippen LogP contribution in [-0.2, 0) is 12.2 Å². The lowest BCUT2D eigenvalue weighted by atomic mass is 10.2. The fourth-order valence-corrected chi connectivity index (χ4v) is 4.87. The highest BCUT2D eigenvalue weighted by Crippen LogP contribution is 2.35. The second kappa shape index (κ2) is 8.34. The lowest BCUT2D eigenvalue weighted by molar-refractivity contribution is 0.103. The Bertz CT molecular complexity index is 1120. The largest absolute Gasteiger partial charge is 0.321 e.